The van der Waals surface area contributed by atoms with Gasteiger partial charge >= 0.3 is 0 Å². The van der Waals surface area contributed by atoms with Crippen LogP contribution in [0.15, 0.2) is 279 Å². The number of rotatable bonds is 9. The Labute approximate surface area is 544 Å². The summed E-state index contributed by atoms with van der Waals surface area (Å²) in [6.07, 6.45) is 1.59. The minimum Gasteiger partial charge on any atom is -0.508 e. The molecule has 5 nitrogen and oxygen atoms in total. The van der Waals surface area contributed by atoms with Crippen LogP contribution in [0.25, 0.3) is 94.4 Å². The maximum atomic E-state index is 8.54. The second kappa shape index (κ2) is 21.5. The second-order valence-corrected chi connectivity index (χ2v) is 24.4. The number of pyridine rings is 1. The van der Waals surface area contributed by atoms with Crippen molar-refractivity contribution in [2.45, 2.75) is 38.5 Å². The molecule has 0 saturated heterocycles. The molecule has 1 spiro atoms. The molecule has 12 aromatic carbocycles. The molecular weight excluding hydrogens is 1280 g/mol. The van der Waals surface area contributed by atoms with Crippen LogP contribution in [-0.2, 0) is 31.9 Å². The van der Waals surface area contributed by atoms with Gasteiger partial charge in [-0.2, -0.15) is 6.07 Å². The number of nitrogens with zero attached hydrogens (tertiary/aromatic N) is 4. The number of hydrogen-bond acceptors (Lipinski definition) is 4. The van der Waals surface area contributed by atoms with Crippen LogP contribution in [0.5, 0.6) is 11.5 Å². The predicted molar refractivity (Wildman–Crippen MR) is 366 cm³/mol. The Balaban J connectivity index is 0.00000686. The number of benzene rings is 12. The molecule has 6 heteroatoms. The van der Waals surface area contributed by atoms with E-state index in [-0.39, 0.29) is 32.0 Å². The van der Waals surface area contributed by atoms with E-state index in [0.717, 1.165) is 128 Å². The third kappa shape index (κ3) is 8.51. The van der Waals surface area contributed by atoms with E-state index in [2.05, 4.69) is 303 Å². The van der Waals surface area contributed by atoms with Crippen LogP contribution in [0, 0.1) is 25.7 Å². The van der Waals surface area contributed by atoms with Gasteiger partial charge in [0.1, 0.15) is 5.82 Å². The zero-order valence-corrected chi connectivity index (χ0v) is 51.9. The SMILES string of the molecule is [2H]C([2H])([2H])c1ccnc(-n2c3[c-]c(Oc4[c-]c(N5[CH-]N(c6c(-c7cccc(-c8ccccc8)c7)cccc6-c6cccc(C(C)(C)C)c6)c6ccccc65)ccc4-c4ccccc4)c4c(c3c3ccccc32)-c2ccccc2C42c3ccccc3-c3ccccc32)c1.[Pt]. The molecule has 0 atom stereocenters. The van der Waals surface area contributed by atoms with E-state index in [1.165, 1.54) is 5.56 Å². The van der Waals surface area contributed by atoms with Gasteiger partial charge in [-0.1, -0.05) is 273 Å². The normalized spacial score (nSPS) is 13.9. The summed E-state index contributed by atoms with van der Waals surface area (Å²) in [5, 5.41) is 1.95. The van der Waals surface area contributed by atoms with Crippen LogP contribution in [0.1, 0.15) is 58.3 Å². The molecular formula is C84H59N4OPt-3. The second-order valence-electron chi connectivity index (χ2n) is 24.4. The third-order valence-electron chi connectivity index (χ3n) is 18.4. The molecule has 0 amide bonds. The summed E-state index contributed by atoms with van der Waals surface area (Å²) >= 11 is 0. The van der Waals surface area contributed by atoms with Crippen LogP contribution in [-0.4, -0.2) is 9.55 Å². The molecule has 0 saturated carbocycles. The summed E-state index contributed by atoms with van der Waals surface area (Å²) in [6, 6.07) is 104. The fourth-order valence-electron chi connectivity index (χ4n) is 14.5. The first-order valence-electron chi connectivity index (χ1n) is 31.9. The average molecular weight is 1340 g/mol. The Morgan fingerprint density at radius 1 is 0.478 bits per heavy atom. The van der Waals surface area contributed by atoms with Gasteiger partial charge < -0.3 is 19.1 Å². The summed E-state index contributed by atoms with van der Waals surface area (Å²) in [4.78, 5) is 9.54. The largest absolute Gasteiger partial charge is 0.508 e. The maximum Gasteiger partial charge on any atom is 0.135 e. The van der Waals surface area contributed by atoms with E-state index < -0.39 is 12.3 Å². The van der Waals surface area contributed by atoms with Gasteiger partial charge in [-0.05, 0) is 121 Å². The van der Waals surface area contributed by atoms with Gasteiger partial charge in [0.05, 0.1) is 0 Å². The van der Waals surface area contributed by atoms with Gasteiger partial charge in [0, 0.05) is 82.0 Å². The Hall–Kier alpha value is -10.3. The van der Waals surface area contributed by atoms with Crippen molar-refractivity contribution in [2.75, 3.05) is 9.80 Å². The van der Waals surface area contributed by atoms with E-state index in [9.17, 15) is 0 Å². The zero-order valence-electron chi connectivity index (χ0n) is 52.6. The number of anilines is 4. The minimum atomic E-state index is -2.37. The number of hydrogen-bond donors (Lipinski definition) is 0. The quantitative estimate of drug-likeness (QED) is 0.135. The first-order chi connectivity index (χ1) is 44.9. The predicted octanol–water partition coefficient (Wildman–Crippen LogP) is 21.6. The smallest absolute Gasteiger partial charge is 0.135 e. The van der Waals surface area contributed by atoms with E-state index in [4.69, 9.17) is 13.8 Å². The molecule has 14 aromatic rings. The van der Waals surface area contributed by atoms with Gasteiger partial charge in [-0.3, -0.25) is 0 Å². The van der Waals surface area contributed by atoms with Crippen LogP contribution in [0.4, 0.5) is 22.7 Å². The van der Waals surface area contributed by atoms with Crippen LogP contribution < -0.4 is 14.5 Å². The number of aromatic nitrogens is 2. The average Bonchev–Trinajstić information content (AvgIpc) is 1.49. The number of fused-ring (bicyclic) bond motifs is 15. The van der Waals surface area contributed by atoms with Crippen molar-refractivity contribution in [3.63, 3.8) is 0 Å². The molecule has 0 unspecified atom stereocenters. The maximum absolute atomic E-state index is 8.54. The first-order valence-corrected chi connectivity index (χ1v) is 30.4. The molecule has 0 bridgehead atoms. The van der Waals surface area contributed by atoms with Gasteiger partial charge in [0.15, 0.2) is 0 Å². The molecule has 434 valence electrons. The van der Waals surface area contributed by atoms with Crippen LogP contribution >= 0.6 is 0 Å². The zero-order chi connectivity index (χ0) is 62.0. The van der Waals surface area contributed by atoms with Crippen LogP contribution in [0.3, 0.4) is 0 Å². The van der Waals surface area contributed by atoms with Crippen molar-refractivity contribution in [1.82, 2.24) is 9.55 Å². The molecule has 1 aliphatic heterocycles. The summed E-state index contributed by atoms with van der Waals surface area (Å²) in [5.74, 6) is 1.48. The third-order valence-corrected chi connectivity index (χ3v) is 18.4. The van der Waals surface area contributed by atoms with E-state index in [0.29, 0.717) is 22.8 Å². The summed E-state index contributed by atoms with van der Waals surface area (Å²) in [5.41, 5.74) is 23.2. The van der Waals surface area contributed by atoms with E-state index in [1.807, 2.05) is 12.1 Å². The van der Waals surface area contributed by atoms with Gasteiger partial charge in [0.2, 0.25) is 0 Å². The number of aryl methyl sites for hydroxylation is 1. The number of para-hydroxylation sites is 4. The van der Waals surface area contributed by atoms with Crippen molar-refractivity contribution in [3.05, 3.63) is 331 Å². The molecule has 17 rings (SSSR count). The molecule has 0 N–H and O–H groups in total. The molecule has 3 heterocycles. The van der Waals surface area contributed by atoms with Crippen molar-refractivity contribution < 1.29 is 29.9 Å². The Kier molecular flexibility index (Phi) is 12.3. The molecule has 2 aromatic heterocycles. The van der Waals surface area contributed by atoms with E-state index >= 15 is 0 Å². The van der Waals surface area contributed by atoms with Gasteiger partial charge in [-0.25, -0.2) is 4.98 Å². The topological polar surface area (TPSA) is 33.5 Å². The van der Waals surface area contributed by atoms with Gasteiger partial charge in [-0.15, -0.1) is 36.1 Å². The van der Waals surface area contributed by atoms with Crippen molar-refractivity contribution in [1.29, 1.82) is 0 Å². The fourth-order valence-corrected chi connectivity index (χ4v) is 14.5. The fraction of sp³-hybridized carbons (Fsp3) is 0.0714. The summed E-state index contributed by atoms with van der Waals surface area (Å²) in [6.45, 7) is 6.65. The summed E-state index contributed by atoms with van der Waals surface area (Å²) in [7, 11) is 0. The standard InChI is InChI=1S/C84H59N4O.Pt/c1-54-46-47-85-78(48-54)88-72-41-18-14-35-68(72)79-75(88)52-77(81-80(79)67-34-13-17-40-71(67)84(81)69-38-15-11-32-65(69)66-33-12-16-39-70(66)84)89-76-51-61(44-45-62(76)56-26-9-6-10-27-56)86-53-87(74-43-20-19-42-73(74)86)82-63(58-29-21-28-57(49-58)55-24-7-5-8-25-55)36-23-37-64(82)59-30-22-31-60(50-59)83(2,3)4;/h5-50,53H,1-4H3;/q-3;/i1D3;. The van der Waals surface area contributed by atoms with E-state index in [1.54, 1.807) is 18.3 Å². The molecule has 0 fully saturated rings. The monoisotopic (exact) mass is 1340 g/mol. The van der Waals surface area contributed by atoms with Crippen molar-refractivity contribution in [3.8, 4) is 84.1 Å². The first kappa shape index (κ1) is 51.7. The molecule has 90 heavy (non-hydrogen) atoms. The molecule has 3 aliphatic rings. The Morgan fingerprint density at radius 3 is 1.76 bits per heavy atom. The summed E-state index contributed by atoms with van der Waals surface area (Å²) < 4.78 is 35.7. The Morgan fingerprint density at radius 2 is 1.04 bits per heavy atom. The Bertz CT molecular complexity index is 5260. The minimum absolute atomic E-state index is 0. The van der Waals surface area contributed by atoms with Crippen LogP contribution in [0.2, 0.25) is 0 Å². The van der Waals surface area contributed by atoms with Gasteiger partial charge in [0.25, 0.3) is 0 Å². The number of ether oxygens (including phenoxy) is 1. The molecule has 0 radical (unpaired) electrons. The molecule has 2 aliphatic carbocycles. The van der Waals surface area contributed by atoms with Crippen molar-refractivity contribution >= 4 is 44.6 Å². The van der Waals surface area contributed by atoms with Crippen molar-refractivity contribution in [2.24, 2.45) is 0 Å².